The second-order valence-corrected chi connectivity index (χ2v) is 3.21. The van der Waals surface area contributed by atoms with Crippen LogP contribution in [0.25, 0.3) is 0 Å². The Morgan fingerprint density at radius 2 is 2.27 bits per heavy atom. The molecule has 1 N–H and O–H groups in total. The molecule has 1 fully saturated rings. The van der Waals surface area contributed by atoms with E-state index in [-0.39, 0.29) is 0 Å². The molecule has 2 rings (SSSR count). The number of aryl methyl sites for hydroxylation is 1. The summed E-state index contributed by atoms with van der Waals surface area (Å²) in [5.41, 5.74) is 2.80. The van der Waals surface area contributed by atoms with Gasteiger partial charge in [0.05, 0.1) is 0 Å². The Kier molecular flexibility index (Phi) is 1.66. The second kappa shape index (κ2) is 2.67. The third kappa shape index (κ3) is 1.29. The van der Waals surface area contributed by atoms with E-state index in [1.54, 1.807) is 0 Å². The van der Waals surface area contributed by atoms with E-state index in [1.807, 2.05) is 0 Å². The van der Waals surface area contributed by atoms with E-state index in [4.69, 9.17) is 0 Å². The van der Waals surface area contributed by atoms with Crippen LogP contribution in [0.2, 0.25) is 0 Å². The summed E-state index contributed by atoms with van der Waals surface area (Å²) in [6.07, 6.45) is 1.30. The molecule has 0 aromatic heterocycles. The minimum absolute atomic E-state index is 0.634. The lowest BCUT2D eigenvalue weighted by Crippen LogP contribution is -2.34. The highest BCUT2D eigenvalue weighted by molar-refractivity contribution is 5.26. The lowest BCUT2D eigenvalue weighted by molar-refractivity contribution is 0.383. The van der Waals surface area contributed by atoms with E-state index in [1.165, 1.54) is 24.1 Å². The molecule has 1 aliphatic rings. The van der Waals surface area contributed by atoms with Crippen molar-refractivity contribution < 1.29 is 0 Å². The molecular weight excluding hydrogens is 134 g/mol. The summed E-state index contributed by atoms with van der Waals surface area (Å²) in [5, 5.41) is 3.39. The summed E-state index contributed by atoms with van der Waals surface area (Å²) in [6, 6.07) is 9.36. The molecule has 1 nitrogen and oxygen atoms in total. The van der Waals surface area contributed by atoms with Gasteiger partial charge in [0.25, 0.3) is 0 Å². The van der Waals surface area contributed by atoms with Gasteiger partial charge in [-0.05, 0) is 25.5 Å². The summed E-state index contributed by atoms with van der Waals surface area (Å²) >= 11 is 0. The fraction of sp³-hybridized carbons (Fsp3) is 0.400. The zero-order valence-corrected chi connectivity index (χ0v) is 6.80. The summed E-state index contributed by atoms with van der Waals surface area (Å²) in [4.78, 5) is 0. The number of hydrogen-bond acceptors (Lipinski definition) is 1. The van der Waals surface area contributed by atoms with Crippen LogP contribution in [0.5, 0.6) is 0 Å². The first kappa shape index (κ1) is 6.86. The molecule has 0 aliphatic carbocycles. The van der Waals surface area contributed by atoms with Crippen molar-refractivity contribution in [1.29, 1.82) is 0 Å². The Hall–Kier alpha value is -0.820. The normalized spacial score (nSPS) is 22.8. The van der Waals surface area contributed by atoms with Gasteiger partial charge in [-0.1, -0.05) is 29.8 Å². The number of nitrogens with one attached hydrogen (secondary N) is 1. The predicted molar refractivity (Wildman–Crippen MR) is 46.5 cm³/mol. The van der Waals surface area contributed by atoms with Crippen LogP contribution in [0.4, 0.5) is 0 Å². The van der Waals surface area contributed by atoms with Crippen LogP contribution in [0.1, 0.15) is 23.6 Å². The third-order valence-corrected chi connectivity index (χ3v) is 2.27. The van der Waals surface area contributed by atoms with Crippen molar-refractivity contribution in [3.05, 3.63) is 35.4 Å². The molecule has 1 aliphatic heterocycles. The van der Waals surface area contributed by atoms with Crippen molar-refractivity contribution in [2.24, 2.45) is 0 Å². The first-order valence-corrected chi connectivity index (χ1v) is 4.16. The molecule has 1 heteroatoms. The van der Waals surface area contributed by atoms with Crippen LogP contribution in [-0.4, -0.2) is 6.54 Å². The smallest absolute Gasteiger partial charge is 0.0332 e. The summed E-state index contributed by atoms with van der Waals surface area (Å²) in [7, 11) is 0. The van der Waals surface area contributed by atoms with Gasteiger partial charge >= 0.3 is 0 Å². The zero-order valence-electron chi connectivity index (χ0n) is 6.80. The maximum atomic E-state index is 3.39. The van der Waals surface area contributed by atoms with Crippen molar-refractivity contribution in [3.63, 3.8) is 0 Å². The van der Waals surface area contributed by atoms with Crippen LogP contribution in [0.3, 0.4) is 0 Å². The van der Waals surface area contributed by atoms with Crippen LogP contribution in [0, 0.1) is 6.92 Å². The van der Waals surface area contributed by atoms with E-state index in [0.29, 0.717) is 6.04 Å². The van der Waals surface area contributed by atoms with Crippen molar-refractivity contribution in [3.8, 4) is 0 Å². The van der Waals surface area contributed by atoms with Gasteiger partial charge in [-0.2, -0.15) is 0 Å². The SMILES string of the molecule is Cc1cccc(C2CCN2)c1. The highest BCUT2D eigenvalue weighted by Gasteiger charge is 2.17. The molecule has 0 spiro atoms. The molecule has 1 saturated heterocycles. The fourth-order valence-corrected chi connectivity index (χ4v) is 1.46. The summed E-state index contributed by atoms with van der Waals surface area (Å²) in [6.45, 7) is 3.32. The van der Waals surface area contributed by atoms with Gasteiger partial charge in [0, 0.05) is 6.04 Å². The molecule has 1 heterocycles. The largest absolute Gasteiger partial charge is 0.310 e. The molecule has 58 valence electrons. The fourth-order valence-electron chi connectivity index (χ4n) is 1.46. The van der Waals surface area contributed by atoms with E-state index >= 15 is 0 Å². The number of rotatable bonds is 1. The molecule has 0 amide bonds. The Balaban J connectivity index is 2.23. The van der Waals surface area contributed by atoms with Crippen LogP contribution >= 0.6 is 0 Å². The van der Waals surface area contributed by atoms with Gasteiger partial charge in [-0.25, -0.2) is 0 Å². The van der Waals surface area contributed by atoms with Crippen LogP contribution in [0.15, 0.2) is 24.3 Å². The monoisotopic (exact) mass is 147 g/mol. The van der Waals surface area contributed by atoms with Gasteiger partial charge in [0.15, 0.2) is 0 Å². The average Bonchev–Trinajstić information content (AvgIpc) is 1.83. The van der Waals surface area contributed by atoms with Gasteiger partial charge in [-0.15, -0.1) is 0 Å². The van der Waals surface area contributed by atoms with Gasteiger partial charge in [0.2, 0.25) is 0 Å². The minimum atomic E-state index is 0.634. The Labute approximate surface area is 67.4 Å². The second-order valence-electron chi connectivity index (χ2n) is 3.21. The van der Waals surface area contributed by atoms with Crippen molar-refractivity contribution in [2.45, 2.75) is 19.4 Å². The number of benzene rings is 1. The molecule has 0 radical (unpaired) electrons. The maximum Gasteiger partial charge on any atom is 0.0332 e. The zero-order chi connectivity index (χ0) is 7.68. The van der Waals surface area contributed by atoms with Crippen molar-refractivity contribution >= 4 is 0 Å². The predicted octanol–water partition coefficient (Wildman–Crippen LogP) is 2.03. The summed E-state index contributed by atoms with van der Waals surface area (Å²) < 4.78 is 0. The molecule has 11 heavy (non-hydrogen) atoms. The minimum Gasteiger partial charge on any atom is -0.310 e. The molecular formula is C10H13N. The van der Waals surface area contributed by atoms with E-state index in [2.05, 4.69) is 36.5 Å². The number of hydrogen-bond donors (Lipinski definition) is 1. The molecule has 1 unspecified atom stereocenters. The van der Waals surface area contributed by atoms with Crippen molar-refractivity contribution in [1.82, 2.24) is 5.32 Å². The van der Waals surface area contributed by atoms with E-state index < -0.39 is 0 Å². The van der Waals surface area contributed by atoms with Gasteiger partial charge in [0.1, 0.15) is 0 Å². The Morgan fingerprint density at radius 3 is 2.82 bits per heavy atom. The standard InChI is InChI=1S/C10H13N/c1-8-3-2-4-9(7-8)10-5-6-11-10/h2-4,7,10-11H,5-6H2,1H3. The molecule has 1 atom stereocenters. The topological polar surface area (TPSA) is 12.0 Å². The third-order valence-electron chi connectivity index (χ3n) is 2.27. The van der Waals surface area contributed by atoms with Gasteiger partial charge in [-0.3, -0.25) is 0 Å². The Bertz CT molecular complexity index is 251. The highest BCUT2D eigenvalue weighted by atomic mass is 15.0. The van der Waals surface area contributed by atoms with Crippen LogP contribution in [-0.2, 0) is 0 Å². The maximum absolute atomic E-state index is 3.39. The van der Waals surface area contributed by atoms with Gasteiger partial charge < -0.3 is 5.32 Å². The van der Waals surface area contributed by atoms with Crippen molar-refractivity contribution in [2.75, 3.05) is 6.54 Å². The van der Waals surface area contributed by atoms with Crippen LogP contribution < -0.4 is 5.32 Å². The van der Waals surface area contributed by atoms with E-state index in [9.17, 15) is 0 Å². The summed E-state index contributed by atoms with van der Waals surface area (Å²) in [5.74, 6) is 0. The highest BCUT2D eigenvalue weighted by Crippen LogP contribution is 2.22. The molecule has 1 aromatic rings. The quantitative estimate of drug-likeness (QED) is 0.641. The van der Waals surface area contributed by atoms with E-state index in [0.717, 1.165) is 0 Å². The lowest BCUT2D eigenvalue weighted by atomic mass is 9.97. The molecule has 0 bridgehead atoms. The molecule has 1 aromatic carbocycles. The average molecular weight is 147 g/mol. The Morgan fingerprint density at radius 1 is 1.45 bits per heavy atom. The molecule has 0 saturated carbocycles. The lowest BCUT2D eigenvalue weighted by Gasteiger charge is -2.28. The first-order chi connectivity index (χ1) is 5.36. The first-order valence-electron chi connectivity index (χ1n) is 4.16.